The fraction of sp³-hybridized carbons (Fsp3) is 0.579. The molecular formula is C19H27N3O4S2. The molecule has 28 heavy (non-hydrogen) atoms. The van der Waals surface area contributed by atoms with Crippen LogP contribution >= 0.6 is 23.1 Å². The number of esters is 1. The van der Waals surface area contributed by atoms with Gasteiger partial charge in [0, 0.05) is 11.4 Å². The van der Waals surface area contributed by atoms with Gasteiger partial charge in [-0.15, -0.1) is 11.3 Å². The molecule has 2 aromatic heterocycles. The molecule has 2 aromatic rings. The quantitative estimate of drug-likeness (QED) is 0.397. The van der Waals surface area contributed by atoms with Crippen molar-refractivity contribution in [3.63, 3.8) is 0 Å². The Morgan fingerprint density at radius 3 is 2.57 bits per heavy atom. The summed E-state index contributed by atoms with van der Waals surface area (Å²) in [5, 5.41) is 3.89. The van der Waals surface area contributed by atoms with Crippen LogP contribution in [0.4, 0.5) is 0 Å². The van der Waals surface area contributed by atoms with E-state index >= 15 is 0 Å². The molecule has 1 amide bonds. The number of nitrogens with one attached hydrogen (secondary N) is 1. The minimum Gasteiger partial charge on any atom is -0.467 e. The second-order valence-corrected chi connectivity index (χ2v) is 9.11. The number of thiophene rings is 1. The summed E-state index contributed by atoms with van der Waals surface area (Å²) in [6.45, 7) is 10.2. The Morgan fingerprint density at radius 2 is 2.00 bits per heavy atom. The molecule has 154 valence electrons. The van der Waals surface area contributed by atoms with Crippen molar-refractivity contribution in [3.05, 3.63) is 20.8 Å². The van der Waals surface area contributed by atoms with E-state index in [1.54, 1.807) is 4.57 Å². The third-order valence-corrected chi connectivity index (χ3v) is 6.51. The Labute approximate surface area is 172 Å². The summed E-state index contributed by atoms with van der Waals surface area (Å²) in [5.74, 6) is -0.456. The summed E-state index contributed by atoms with van der Waals surface area (Å²) in [4.78, 5) is 43.5. The van der Waals surface area contributed by atoms with E-state index in [1.807, 2.05) is 34.6 Å². The van der Waals surface area contributed by atoms with Crippen LogP contribution in [0.3, 0.4) is 0 Å². The molecule has 0 fully saturated rings. The third kappa shape index (κ3) is 4.94. The molecule has 0 radical (unpaired) electrons. The van der Waals surface area contributed by atoms with Gasteiger partial charge in [0.05, 0.1) is 18.2 Å². The molecule has 9 heteroatoms. The monoisotopic (exact) mass is 425 g/mol. The number of hydrogen-bond donors (Lipinski definition) is 1. The van der Waals surface area contributed by atoms with Gasteiger partial charge < -0.3 is 10.1 Å². The number of ether oxygens (including phenoxy) is 1. The number of nitrogens with zero attached hydrogens (tertiary/aromatic N) is 2. The van der Waals surface area contributed by atoms with Crippen LogP contribution in [-0.4, -0.2) is 40.3 Å². The first-order valence-corrected chi connectivity index (χ1v) is 11.0. The first kappa shape index (κ1) is 22.4. The summed E-state index contributed by atoms with van der Waals surface area (Å²) in [6, 6.07) is -0.676. The molecule has 7 nitrogen and oxygen atoms in total. The zero-order valence-electron chi connectivity index (χ0n) is 17.1. The van der Waals surface area contributed by atoms with Crippen LogP contribution in [-0.2, 0) is 20.9 Å². The van der Waals surface area contributed by atoms with Crippen molar-refractivity contribution in [2.24, 2.45) is 5.92 Å². The molecule has 0 saturated heterocycles. The number of fused-ring (bicyclic) bond motifs is 1. The van der Waals surface area contributed by atoms with Gasteiger partial charge in [0.2, 0.25) is 5.91 Å². The van der Waals surface area contributed by atoms with E-state index in [0.29, 0.717) is 28.3 Å². The number of aromatic nitrogens is 2. The molecule has 0 aliphatic heterocycles. The lowest BCUT2D eigenvalue weighted by Gasteiger charge is -2.18. The molecule has 1 N–H and O–H groups in total. The van der Waals surface area contributed by atoms with Crippen LogP contribution in [0.1, 0.15) is 37.6 Å². The predicted molar refractivity (Wildman–Crippen MR) is 113 cm³/mol. The SMILES string of the molecule is CCn1c(SCC(=O)N[C@@H](CC(C)C)C(=O)OC)nc2sc(C)c(C)c2c1=O. The molecule has 0 aromatic carbocycles. The second-order valence-electron chi connectivity index (χ2n) is 6.97. The van der Waals surface area contributed by atoms with E-state index in [2.05, 4.69) is 10.3 Å². The van der Waals surface area contributed by atoms with Crippen molar-refractivity contribution < 1.29 is 14.3 Å². The smallest absolute Gasteiger partial charge is 0.328 e. The molecule has 0 spiro atoms. The number of rotatable bonds is 8. The topological polar surface area (TPSA) is 90.3 Å². The van der Waals surface area contributed by atoms with Crippen molar-refractivity contribution in [1.82, 2.24) is 14.9 Å². The lowest BCUT2D eigenvalue weighted by atomic mass is 10.0. The summed E-state index contributed by atoms with van der Waals surface area (Å²) in [7, 11) is 1.31. The standard InChI is InChI=1S/C19H27N3O4S2/c1-7-22-17(24)15-11(4)12(5)28-16(15)21-19(22)27-9-14(23)20-13(8-10(2)3)18(25)26-6/h10,13H,7-9H2,1-6H3,(H,20,23)/t13-/m0/s1. The van der Waals surface area contributed by atoms with Crippen molar-refractivity contribution in [3.8, 4) is 0 Å². The van der Waals surface area contributed by atoms with Gasteiger partial charge in [-0.25, -0.2) is 9.78 Å². The molecule has 0 aliphatic carbocycles. The van der Waals surface area contributed by atoms with Gasteiger partial charge in [-0.3, -0.25) is 14.2 Å². The Morgan fingerprint density at radius 1 is 1.32 bits per heavy atom. The summed E-state index contributed by atoms with van der Waals surface area (Å²) in [5.41, 5.74) is 0.883. The maximum Gasteiger partial charge on any atom is 0.328 e. The molecule has 0 bridgehead atoms. The Kier molecular flexibility index (Phi) is 7.65. The molecule has 2 heterocycles. The number of thioether (sulfide) groups is 1. The second kappa shape index (κ2) is 9.56. The highest BCUT2D eigenvalue weighted by Gasteiger charge is 2.23. The van der Waals surface area contributed by atoms with E-state index in [0.717, 1.165) is 10.4 Å². The number of hydrogen-bond acceptors (Lipinski definition) is 7. The van der Waals surface area contributed by atoms with Gasteiger partial charge in [0.25, 0.3) is 5.56 Å². The minimum atomic E-state index is -0.676. The molecule has 0 unspecified atom stereocenters. The van der Waals surface area contributed by atoms with Crippen LogP contribution in [0.2, 0.25) is 0 Å². The molecule has 1 atom stereocenters. The van der Waals surface area contributed by atoms with Gasteiger partial charge in [-0.2, -0.15) is 0 Å². The number of amides is 1. The van der Waals surface area contributed by atoms with Crippen molar-refractivity contribution >= 4 is 45.2 Å². The maximum atomic E-state index is 12.8. The van der Waals surface area contributed by atoms with Crippen LogP contribution in [0.15, 0.2) is 9.95 Å². The van der Waals surface area contributed by atoms with Crippen LogP contribution in [0.5, 0.6) is 0 Å². The van der Waals surface area contributed by atoms with Crippen LogP contribution < -0.4 is 10.9 Å². The van der Waals surface area contributed by atoms with E-state index in [4.69, 9.17) is 4.74 Å². The molecule has 0 aliphatic rings. The van der Waals surface area contributed by atoms with E-state index < -0.39 is 12.0 Å². The fourth-order valence-corrected chi connectivity index (χ4v) is 4.84. The maximum absolute atomic E-state index is 12.8. The number of methoxy groups -OCH3 is 1. The molecular weight excluding hydrogens is 398 g/mol. The third-order valence-electron chi connectivity index (χ3n) is 4.43. The zero-order valence-corrected chi connectivity index (χ0v) is 18.8. The van der Waals surface area contributed by atoms with E-state index in [9.17, 15) is 14.4 Å². The minimum absolute atomic E-state index is 0.0624. The lowest BCUT2D eigenvalue weighted by Crippen LogP contribution is -2.43. The van der Waals surface area contributed by atoms with Crippen LogP contribution in [0, 0.1) is 19.8 Å². The van der Waals surface area contributed by atoms with E-state index in [1.165, 1.54) is 30.2 Å². The van der Waals surface area contributed by atoms with Gasteiger partial charge in [-0.05, 0) is 38.7 Å². The van der Waals surface area contributed by atoms with Crippen molar-refractivity contribution in [2.45, 2.75) is 58.8 Å². The summed E-state index contributed by atoms with van der Waals surface area (Å²) < 4.78 is 6.36. The molecule has 0 saturated carbocycles. The highest BCUT2D eigenvalue weighted by Crippen LogP contribution is 2.28. The number of aryl methyl sites for hydroxylation is 2. The number of carbonyl (C=O) groups excluding carboxylic acids is 2. The highest BCUT2D eigenvalue weighted by molar-refractivity contribution is 7.99. The Balaban J connectivity index is 2.19. The summed E-state index contributed by atoms with van der Waals surface area (Å²) in [6.07, 6.45) is 0.501. The first-order valence-electron chi connectivity index (χ1n) is 9.20. The van der Waals surface area contributed by atoms with Crippen LogP contribution in [0.25, 0.3) is 10.2 Å². The Hall–Kier alpha value is -1.87. The average Bonchev–Trinajstić information content (AvgIpc) is 2.92. The summed E-state index contributed by atoms with van der Waals surface area (Å²) >= 11 is 2.68. The van der Waals surface area contributed by atoms with Gasteiger partial charge in [-0.1, -0.05) is 25.6 Å². The highest BCUT2D eigenvalue weighted by atomic mass is 32.2. The Bertz CT molecular complexity index is 933. The van der Waals surface area contributed by atoms with Gasteiger partial charge in [0.15, 0.2) is 5.16 Å². The zero-order chi connectivity index (χ0) is 21.0. The normalized spacial score (nSPS) is 12.4. The van der Waals surface area contributed by atoms with Crippen molar-refractivity contribution in [2.75, 3.05) is 12.9 Å². The first-order chi connectivity index (χ1) is 13.2. The predicted octanol–water partition coefficient (Wildman–Crippen LogP) is 2.89. The number of carbonyl (C=O) groups is 2. The van der Waals surface area contributed by atoms with Gasteiger partial charge in [0.1, 0.15) is 10.9 Å². The lowest BCUT2D eigenvalue weighted by molar-refractivity contribution is -0.145. The largest absolute Gasteiger partial charge is 0.467 e. The average molecular weight is 426 g/mol. The molecule has 2 rings (SSSR count). The van der Waals surface area contributed by atoms with E-state index in [-0.39, 0.29) is 23.1 Å². The van der Waals surface area contributed by atoms with Gasteiger partial charge >= 0.3 is 5.97 Å². The fourth-order valence-electron chi connectivity index (χ4n) is 2.89. The van der Waals surface area contributed by atoms with Crippen molar-refractivity contribution in [1.29, 1.82) is 0 Å².